The second kappa shape index (κ2) is 5.57. The van der Waals surface area contributed by atoms with Gasteiger partial charge >= 0.3 is 5.97 Å². The van der Waals surface area contributed by atoms with E-state index in [4.69, 9.17) is 14.9 Å². The summed E-state index contributed by atoms with van der Waals surface area (Å²) in [5.41, 5.74) is 5.61. The van der Waals surface area contributed by atoms with Gasteiger partial charge in [0.25, 0.3) is 0 Å². The van der Waals surface area contributed by atoms with Gasteiger partial charge < -0.3 is 14.9 Å². The molecule has 1 aromatic heterocycles. The Morgan fingerprint density at radius 3 is 2.89 bits per heavy atom. The van der Waals surface area contributed by atoms with Crippen LogP contribution in [0.2, 0.25) is 0 Å². The first-order valence-corrected chi connectivity index (χ1v) is 6.61. The fraction of sp³-hybridized carbons (Fsp3) is 0.643. The van der Waals surface area contributed by atoms with E-state index in [1.54, 1.807) is 6.92 Å². The van der Waals surface area contributed by atoms with Crippen molar-refractivity contribution in [1.29, 1.82) is 0 Å². The maximum atomic E-state index is 11.6. The van der Waals surface area contributed by atoms with E-state index in [0.29, 0.717) is 18.9 Å². The van der Waals surface area contributed by atoms with Crippen molar-refractivity contribution in [3.63, 3.8) is 0 Å². The highest BCUT2D eigenvalue weighted by Gasteiger charge is 2.36. The summed E-state index contributed by atoms with van der Waals surface area (Å²) in [4.78, 5) is 11.6. The molecule has 4 nitrogen and oxygen atoms in total. The van der Waals surface area contributed by atoms with Gasteiger partial charge in [0.1, 0.15) is 11.5 Å². The lowest BCUT2D eigenvalue weighted by atomic mass is 10.0. The third-order valence-electron chi connectivity index (χ3n) is 3.51. The molecule has 3 unspecified atom stereocenters. The lowest BCUT2D eigenvalue weighted by Crippen LogP contribution is -2.27. The first-order chi connectivity index (χ1) is 8.65. The number of rotatable bonds is 6. The lowest BCUT2D eigenvalue weighted by Gasteiger charge is -2.11. The summed E-state index contributed by atoms with van der Waals surface area (Å²) >= 11 is 0. The molecule has 1 aromatic rings. The molecule has 1 saturated carbocycles. The van der Waals surface area contributed by atoms with E-state index in [1.807, 2.05) is 12.1 Å². The Morgan fingerprint density at radius 2 is 2.33 bits per heavy atom. The highest BCUT2D eigenvalue weighted by molar-refractivity contribution is 5.72. The number of carbonyl (C=O) groups is 1. The standard InChI is InChI=1S/C14H21NO3/c1-3-17-14(16)10(8-15)7-11-4-5-13(18-11)12-6-9(12)2/h4-5,9-10,12H,3,6-8,15H2,1-2H3. The Kier molecular flexibility index (Phi) is 4.07. The van der Waals surface area contributed by atoms with Gasteiger partial charge in [-0.3, -0.25) is 4.79 Å². The van der Waals surface area contributed by atoms with Gasteiger partial charge in [-0.2, -0.15) is 0 Å². The topological polar surface area (TPSA) is 65.5 Å². The minimum atomic E-state index is -0.305. The van der Waals surface area contributed by atoms with Crippen LogP contribution in [0, 0.1) is 11.8 Å². The molecular formula is C14H21NO3. The second-order valence-electron chi connectivity index (χ2n) is 5.01. The van der Waals surface area contributed by atoms with Crippen LogP contribution < -0.4 is 5.73 Å². The molecule has 100 valence electrons. The second-order valence-corrected chi connectivity index (χ2v) is 5.01. The van der Waals surface area contributed by atoms with Crippen LogP contribution in [0.15, 0.2) is 16.5 Å². The van der Waals surface area contributed by atoms with Crippen LogP contribution in [0.5, 0.6) is 0 Å². The summed E-state index contributed by atoms with van der Waals surface area (Å²) in [7, 11) is 0. The van der Waals surface area contributed by atoms with Crippen molar-refractivity contribution in [3.8, 4) is 0 Å². The Hall–Kier alpha value is -1.29. The normalized spacial score (nSPS) is 23.7. The summed E-state index contributed by atoms with van der Waals surface area (Å²) in [6.45, 7) is 4.69. The summed E-state index contributed by atoms with van der Waals surface area (Å²) in [5.74, 6) is 2.61. The summed E-state index contributed by atoms with van der Waals surface area (Å²) in [6, 6.07) is 3.96. The predicted octanol–water partition coefficient (Wildman–Crippen LogP) is 2.08. The molecule has 1 fully saturated rings. The van der Waals surface area contributed by atoms with Crippen LogP contribution in [-0.2, 0) is 16.0 Å². The van der Waals surface area contributed by atoms with Gasteiger partial charge in [0.15, 0.2) is 0 Å². The van der Waals surface area contributed by atoms with Crippen LogP contribution >= 0.6 is 0 Å². The van der Waals surface area contributed by atoms with E-state index in [9.17, 15) is 4.79 Å². The average molecular weight is 251 g/mol. The van der Waals surface area contributed by atoms with Crippen molar-refractivity contribution in [1.82, 2.24) is 0 Å². The molecule has 2 N–H and O–H groups in total. The minimum absolute atomic E-state index is 0.238. The fourth-order valence-corrected chi connectivity index (χ4v) is 2.19. The molecule has 18 heavy (non-hydrogen) atoms. The third-order valence-corrected chi connectivity index (χ3v) is 3.51. The van der Waals surface area contributed by atoms with Crippen LogP contribution in [0.1, 0.15) is 37.7 Å². The highest BCUT2D eigenvalue weighted by Crippen LogP contribution is 2.47. The zero-order chi connectivity index (χ0) is 13.1. The van der Waals surface area contributed by atoms with E-state index in [1.165, 1.54) is 6.42 Å². The first kappa shape index (κ1) is 13.1. The van der Waals surface area contributed by atoms with Gasteiger partial charge in [0, 0.05) is 18.9 Å². The number of furan rings is 1. The lowest BCUT2D eigenvalue weighted by molar-refractivity contribution is -0.147. The van der Waals surface area contributed by atoms with Gasteiger partial charge in [0.2, 0.25) is 0 Å². The van der Waals surface area contributed by atoms with E-state index in [0.717, 1.165) is 17.4 Å². The number of carbonyl (C=O) groups excluding carboxylic acids is 1. The van der Waals surface area contributed by atoms with Gasteiger partial charge in [-0.25, -0.2) is 0 Å². The molecule has 4 heteroatoms. The SMILES string of the molecule is CCOC(=O)C(CN)Cc1ccc(C2CC2C)o1. The molecule has 1 aliphatic rings. The first-order valence-electron chi connectivity index (χ1n) is 6.61. The average Bonchev–Trinajstić information content (AvgIpc) is 2.91. The summed E-state index contributed by atoms with van der Waals surface area (Å²) in [6.07, 6.45) is 1.72. The van der Waals surface area contributed by atoms with Crippen molar-refractivity contribution >= 4 is 5.97 Å². The van der Waals surface area contributed by atoms with Crippen LogP contribution in [0.4, 0.5) is 0 Å². The molecule has 0 aromatic carbocycles. The van der Waals surface area contributed by atoms with Gasteiger partial charge in [-0.1, -0.05) is 6.92 Å². The van der Waals surface area contributed by atoms with E-state index in [-0.39, 0.29) is 18.4 Å². The Morgan fingerprint density at radius 1 is 1.61 bits per heavy atom. The summed E-state index contributed by atoms with van der Waals surface area (Å²) < 4.78 is 10.8. The van der Waals surface area contributed by atoms with Crippen molar-refractivity contribution in [2.24, 2.45) is 17.6 Å². The Bertz CT molecular complexity index is 413. The molecule has 1 aliphatic carbocycles. The number of hydrogen-bond acceptors (Lipinski definition) is 4. The fourth-order valence-electron chi connectivity index (χ4n) is 2.19. The number of nitrogens with two attached hydrogens (primary N) is 1. The van der Waals surface area contributed by atoms with Gasteiger partial charge in [-0.05, 0) is 31.4 Å². The molecule has 0 aliphatic heterocycles. The van der Waals surface area contributed by atoms with E-state index in [2.05, 4.69) is 6.92 Å². The van der Waals surface area contributed by atoms with E-state index >= 15 is 0 Å². The zero-order valence-corrected chi connectivity index (χ0v) is 11.0. The number of esters is 1. The van der Waals surface area contributed by atoms with Crippen LogP contribution in [0.25, 0.3) is 0 Å². The minimum Gasteiger partial charge on any atom is -0.466 e. The van der Waals surface area contributed by atoms with Crippen molar-refractivity contribution < 1.29 is 13.9 Å². The molecule has 0 saturated heterocycles. The smallest absolute Gasteiger partial charge is 0.310 e. The van der Waals surface area contributed by atoms with Crippen molar-refractivity contribution in [2.75, 3.05) is 13.2 Å². The molecule has 0 radical (unpaired) electrons. The molecule has 3 atom stereocenters. The number of hydrogen-bond donors (Lipinski definition) is 1. The molecule has 0 spiro atoms. The Balaban J connectivity index is 1.94. The molecule has 1 heterocycles. The third kappa shape index (κ3) is 2.93. The quantitative estimate of drug-likeness (QED) is 0.786. The monoisotopic (exact) mass is 251 g/mol. The maximum absolute atomic E-state index is 11.6. The highest BCUT2D eigenvalue weighted by atomic mass is 16.5. The molecular weight excluding hydrogens is 230 g/mol. The van der Waals surface area contributed by atoms with Crippen molar-refractivity contribution in [3.05, 3.63) is 23.7 Å². The van der Waals surface area contributed by atoms with Crippen molar-refractivity contribution in [2.45, 2.75) is 32.6 Å². The van der Waals surface area contributed by atoms with Gasteiger partial charge in [0.05, 0.1) is 12.5 Å². The largest absolute Gasteiger partial charge is 0.466 e. The number of ether oxygens (including phenoxy) is 1. The van der Waals surface area contributed by atoms with Gasteiger partial charge in [-0.15, -0.1) is 0 Å². The molecule has 0 bridgehead atoms. The Labute approximate surface area is 107 Å². The maximum Gasteiger partial charge on any atom is 0.310 e. The van der Waals surface area contributed by atoms with Crippen LogP contribution in [0.3, 0.4) is 0 Å². The summed E-state index contributed by atoms with van der Waals surface area (Å²) in [5, 5.41) is 0. The molecule has 2 rings (SSSR count). The van der Waals surface area contributed by atoms with Crippen LogP contribution in [-0.4, -0.2) is 19.1 Å². The van der Waals surface area contributed by atoms with E-state index < -0.39 is 0 Å². The molecule has 0 amide bonds. The zero-order valence-electron chi connectivity index (χ0n) is 11.0. The predicted molar refractivity (Wildman–Crippen MR) is 68.1 cm³/mol.